The standard InChI is InChI=1S/C20H16BrF3N6O2/c1-29-16(13(21)9-26-29)10-25-19(31)15-8-18-27-14(11-3-5-12(32-2)6-4-11)7-17(20(22,23)24)30(18)28-15/h3-9H,10H2,1-2H3,(H,25,31). The average Bonchev–Trinajstić information content (AvgIpc) is 3.33. The lowest BCUT2D eigenvalue weighted by atomic mass is 10.1. The molecule has 0 spiro atoms. The van der Waals surface area contributed by atoms with Gasteiger partial charge in [-0.05, 0) is 46.3 Å². The summed E-state index contributed by atoms with van der Waals surface area (Å²) in [5, 5.41) is 10.5. The van der Waals surface area contributed by atoms with E-state index in [4.69, 9.17) is 4.74 Å². The van der Waals surface area contributed by atoms with E-state index in [1.165, 1.54) is 13.2 Å². The van der Waals surface area contributed by atoms with Crippen LogP contribution in [0.5, 0.6) is 5.75 Å². The monoisotopic (exact) mass is 508 g/mol. The van der Waals surface area contributed by atoms with Gasteiger partial charge in [-0.1, -0.05) is 0 Å². The molecule has 0 unspecified atom stereocenters. The third kappa shape index (κ3) is 4.17. The fourth-order valence-corrected chi connectivity index (χ4v) is 3.57. The van der Waals surface area contributed by atoms with E-state index in [-0.39, 0.29) is 23.6 Å². The number of nitrogens with one attached hydrogen (secondary N) is 1. The lowest BCUT2D eigenvalue weighted by Crippen LogP contribution is -2.25. The van der Waals surface area contributed by atoms with Gasteiger partial charge in [0.05, 0.1) is 35.7 Å². The molecule has 4 rings (SSSR count). The first kappa shape index (κ1) is 21.8. The van der Waals surface area contributed by atoms with Crippen molar-refractivity contribution < 1.29 is 22.7 Å². The summed E-state index contributed by atoms with van der Waals surface area (Å²) >= 11 is 3.32. The van der Waals surface area contributed by atoms with Crippen molar-refractivity contribution in [1.82, 2.24) is 29.7 Å². The van der Waals surface area contributed by atoms with Crippen LogP contribution in [0.15, 0.2) is 47.1 Å². The molecular weight excluding hydrogens is 493 g/mol. The Hall–Kier alpha value is -3.41. The number of amides is 1. The zero-order valence-corrected chi connectivity index (χ0v) is 18.4. The number of hydrogen-bond acceptors (Lipinski definition) is 5. The van der Waals surface area contributed by atoms with Crippen LogP contribution >= 0.6 is 15.9 Å². The molecule has 0 aliphatic carbocycles. The number of methoxy groups -OCH3 is 1. The Morgan fingerprint density at radius 1 is 1.22 bits per heavy atom. The second-order valence-electron chi connectivity index (χ2n) is 6.80. The normalized spacial score (nSPS) is 11.7. The van der Waals surface area contributed by atoms with Crippen LogP contribution in [0, 0.1) is 0 Å². The summed E-state index contributed by atoms with van der Waals surface area (Å²) in [7, 11) is 3.20. The molecule has 12 heteroatoms. The Kier molecular flexibility index (Phi) is 5.63. The van der Waals surface area contributed by atoms with Gasteiger partial charge in [-0.2, -0.15) is 23.4 Å². The number of hydrogen-bond donors (Lipinski definition) is 1. The number of benzene rings is 1. The van der Waals surface area contributed by atoms with E-state index in [9.17, 15) is 18.0 Å². The first-order valence-electron chi connectivity index (χ1n) is 9.24. The van der Waals surface area contributed by atoms with Crippen LogP contribution in [0.4, 0.5) is 13.2 Å². The molecule has 0 atom stereocenters. The second kappa shape index (κ2) is 8.26. The lowest BCUT2D eigenvalue weighted by molar-refractivity contribution is -0.142. The molecule has 0 saturated heterocycles. The number of carbonyl (C=O) groups excluding carboxylic acids is 1. The molecule has 0 aliphatic heterocycles. The molecule has 166 valence electrons. The van der Waals surface area contributed by atoms with E-state index in [1.54, 1.807) is 42.2 Å². The van der Waals surface area contributed by atoms with Crippen LogP contribution in [0.1, 0.15) is 21.9 Å². The number of alkyl halides is 3. The van der Waals surface area contributed by atoms with Crippen molar-refractivity contribution in [2.24, 2.45) is 7.05 Å². The van der Waals surface area contributed by atoms with Gasteiger partial charge in [-0.3, -0.25) is 9.48 Å². The maximum atomic E-state index is 13.7. The highest BCUT2D eigenvalue weighted by molar-refractivity contribution is 9.10. The number of ether oxygens (including phenoxy) is 1. The van der Waals surface area contributed by atoms with Crippen LogP contribution in [0.3, 0.4) is 0 Å². The molecule has 0 saturated carbocycles. The summed E-state index contributed by atoms with van der Waals surface area (Å²) in [6.07, 6.45) is -3.13. The van der Waals surface area contributed by atoms with Crippen molar-refractivity contribution in [3.63, 3.8) is 0 Å². The van der Waals surface area contributed by atoms with E-state index in [2.05, 4.69) is 36.4 Å². The maximum absolute atomic E-state index is 13.7. The predicted octanol–water partition coefficient (Wildman–Crippen LogP) is 3.85. The number of fused-ring (bicyclic) bond motifs is 1. The quantitative estimate of drug-likeness (QED) is 0.442. The summed E-state index contributed by atoms with van der Waals surface area (Å²) < 4.78 is 49.2. The van der Waals surface area contributed by atoms with Gasteiger partial charge in [-0.15, -0.1) is 0 Å². The van der Waals surface area contributed by atoms with E-state index in [0.717, 1.165) is 6.07 Å². The number of nitrogens with zero attached hydrogens (tertiary/aromatic N) is 5. The third-order valence-electron chi connectivity index (χ3n) is 4.76. The van der Waals surface area contributed by atoms with Gasteiger partial charge in [0.15, 0.2) is 17.0 Å². The highest BCUT2D eigenvalue weighted by Gasteiger charge is 2.35. The van der Waals surface area contributed by atoms with Crippen LogP contribution in [0.25, 0.3) is 16.9 Å². The Morgan fingerprint density at radius 3 is 2.53 bits per heavy atom. The fraction of sp³-hybridized carbons (Fsp3) is 0.200. The molecule has 4 aromatic rings. The number of aryl methyl sites for hydroxylation is 1. The SMILES string of the molecule is COc1ccc(-c2cc(C(F)(F)F)n3nc(C(=O)NCc4c(Br)cnn4C)cc3n2)cc1. The smallest absolute Gasteiger partial charge is 0.433 e. The van der Waals surface area contributed by atoms with E-state index >= 15 is 0 Å². The highest BCUT2D eigenvalue weighted by atomic mass is 79.9. The number of aromatic nitrogens is 5. The van der Waals surface area contributed by atoms with E-state index in [1.807, 2.05) is 0 Å². The summed E-state index contributed by atoms with van der Waals surface area (Å²) in [4.78, 5) is 16.8. The molecule has 32 heavy (non-hydrogen) atoms. The Labute approximate surface area is 188 Å². The van der Waals surface area contributed by atoms with Gasteiger partial charge in [0, 0.05) is 18.7 Å². The molecule has 0 fully saturated rings. The van der Waals surface area contributed by atoms with Gasteiger partial charge in [-0.25, -0.2) is 9.50 Å². The number of rotatable bonds is 5. The molecule has 0 radical (unpaired) electrons. The zero-order chi connectivity index (χ0) is 23.0. The van der Waals surface area contributed by atoms with Crippen LogP contribution in [-0.4, -0.2) is 37.4 Å². The minimum atomic E-state index is -4.71. The molecular formula is C20H16BrF3N6O2. The highest BCUT2D eigenvalue weighted by Crippen LogP contribution is 2.32. The molecule has 3 heterocycles. The molecule has 1 aromatic carbocycles. The predicted molar refractivity (Wildman–Crippen MR) is 112 cm³/mol. The first-order valence-corrected chi connectivity index (χ1v) is 10.0. The van der Waals surface area contributed by atoms with E-state index < -0.39 is 17.8 Å². The summed E-state index contributed by atoms with van der Waals surface area (Å²) in [6, 6.07) is 8.58. The Bertz CT molecular complexity index is 1280. The van der Waals surface area contributed by atoms with Gasteiger partial charge < -0.3 is 10.1 Å². The van der Waals surface area contributed by atoms with Gasteiger partial charge in [0.25, 0.3) is 5.91 Å². The molecule has 1 N–H and O–H groups in total. The average molecular weight is 509 g/mol. The van der Waals surface area contributed by atoms with Crippen molar-refractivity contribution >= 4 is 27.5 Å². The molecule has 1 amide bonds. The van der Waals surface area contributed by atoms with Gasteiger partial charge in [0.1, 0.15) is 5.75 Å². The van der Waals surface area contributed by atoms with Crippen molar-refractivity contribution in [1.29, 1.82) is 0 Å². The van der Waals surface area contributed by atoms with Crippen molar-refractivity contribution in [3.8, 4) is 17.0 Å². The van der Waals surface area contributed by atoms with Crippen LogP contribution in [0.2, 0.25) is 0 Å². The summed E-state index contributed by atoms with van der Waals surface area (Å²) in [5.74, 6) is -0.0723. The minimum Gasteiger partial charge on any atom is -0.497 e. The maximum Gasteiger partial charge on any atom is 0.433 e. The third-order valence-corrected chi connectivity index (χ3v) is 5.43. The zero-order valence-electron chi connectivity index (χ0n) is 16.8. The van der Waals surface area contributed by atoms with Crippen molar-refractivity contribution in [3.05, 3.63) is 64.1 Å². The molecule has 0 bridgehead atoms. The largest absolute Gasteiger partial charge is 0.497 e. The summed E-state index contributed by atoms with van der Waals surface area (Å²) in [5.41, 5.74) is -0.0735. The van der Waals surface area contributed by atoms with Gasteiger partial charge in [0.2, 0.25) is 0 Å². The Balaban J connectivity index is 1.70. The van der Waals surface area contributed by atoms with Crippen molar-refractivity contribution in [2.75, 3.05) is 7.11 Å². The number of carbonyl (C=O) groups is 1. The molecule has 3 aromatic heterocycles. The van der Waals surface area contributed by atoms with E-state index in [0.29, 0.717) is 26.0 Å². The molecule has 8 nitrogen and oxygen atoms in total. The molecule has 0 aliphatic rings. The fourth-order valence-electron chi connectivity index (χ4n) is 3.09. The van der Waals surface area contributed by atoms with Crippen LogP contribution in [-0.2, 0) is 19.8 Å². The Morgan fingerprint density at radius 2 is 1.94 bits per heavy atom. The topological polar surface area (TPSA) is 86.3 Å². The number of halogens is 4. The second-order valence-corrected chi connectivity index (χ2v) is 7.65. The minimum absolute atomic E-state index is 0.0955. The van der Waals surface area contributed by atoms with Crippen LogP contribution < -0.4 is 10.1 Å². The summed E-state index contributed by atoms with van der Waals surface area (Å²) in [6.45, 7) is 0.112. The van der Waals surface area contributed by atoms with Crippen molar-refractivity contribution in [2.45, 2.75) is 12.7 Å². The lowest BCUT2D eigenvalue weighted by Gasteiger charge is -2.11. The first-order chi connectivity index (χ1) is 15.2. The van der Waals surface area contributed by atoms with Gasteiger partial charge >= 0.3 is 6.18 Å².